The molecular formula is C26H23Cl2N7O3. The molecule has 0 spiro atoms. The summed E-state index contributed by atoms with van der Waals surface area (Å²) in [6.45, 7) is 0.203. The van der Waals surface area contributed by atoms with Gasteiger partial charge in [0.25, 0.3) is 0 Å². The summed E-state index contributed by atoms with van der Waals surface area (Å²) >= 11 is 13.7. The van der Waals surface area contributed by atoms with Crippen molar-refractivity contribution in [3.05, 3.63) is 71.0 Å². The van der Waals surface area contributed by atoms with E-state index < -0.39 is 0 Å². The van der Waals surface area contributed by atoms with Crippen molar-refractivity contribution in [1.29, 1.82) is 0 Å². The lowest BCUT2D eigenvalue weighted by Gasteiger charge is -2.28. The van der Waals surface area contributed by atoms with Gasteiger partial charge in [-0.05, 0) is 18.2 Å². The van der Waals surface area contributed by atoms with Gasteiger partial charge < -0.3 is 19.1 Å². The van der Waals surface area contributed by atoms with Crippen molar-refractivity contribution in [3.63, 3.8) is 0 Å². The molecule has 0 aliphatic rings. The van der Waals surface area contributed by atoms with Crippen molar-refractivity contribution in [1.82, 2.24) is 29.7 Å². The molecule has 0 amide bonds. The van der Waals surface area contributed by atoms with Gasteiger partial charge in [-0.15, -0.1) is 0 Å². The second kappa shape index (κ2) is 10.7. The zero-order valence-corrected chi connectivity index (χ0v) is 22.5. The van der Waals surface area contributed by atoms with Crippen molar-refractivity contribution in [3.8, 4) is 28.6 Å². The summed E-state index contributed by atoms with van der Waals surface area (Å²) in [4.78, 5) is 20.2. The Bertz CT molecular complexity index is 1600. The van der Waals surface area contributed by atoms with E-state index in [1.165, 1.54) is 14.2 Å². The van der Waals surface area contributed by atoms with Crippen molar-refractivity contribution in [2.24, 2.45) is 7.05 Å². The predicted octanol–water partition coefficient (Wildman–Crippen LogP) is 5.49. The maximum absolute atomic E-state index is 6.83. The molecule has 0 unspecified atom stereocenters. The van der Waals surface area contributed by atoms with Crippen LogP contribution < -0.4 is 19.1 Å². The first-order chi connectivity index (χ1) is 18.4. The van der Waals surface area contributed by atoms with Gasteiger partial charge >= 0.3 is 0 Å². The van der Waals surface area contributed by atoms with Gasteiger partial charge in [0.2, 0.25) is 5.88 Å². The second-order valence-electron chi connectivity index (χ2n) is 8.19. The number of halogens is 2. The van der Waals surface area contributed by atoms with Crippen LogP contribution >= 0.6 is 23.2 Å². The fraction of sp³-hybridized carbons (Fsp3) is 0.192. The normalized spacial score (nSPS) is 11.0. The maximum atomic E-state index is 6.83. The van der Waals surface area contributed by atoms with E-state index in [0.717, 1.165) is 16.8 Å². The Labute approximate surface area is 228 Å². The molecule has 38 heavy (non-hydrogen) atoms. The smallest absolute Gasteiger partial charge is 0.216 e. The number of fused-ring (bicyclic) bond motifs is 1. The van der Waals surface area contributed by atoms with Crippen molar-refractivity contribution in [2.75, 3.05) is 26.2 Å². The lowest BCUT2D eigenvalue weighted by molar-refractivity contribution is 0.393. The lowest BCUT2D eigenvalue weighted by atomic mass is 10.1. The first-order valence-electron chi connectivity index (χ1n) is 11.4. The molecule has 5 aromatic rings. The summed E-state index contributed by atoms with van der Waals surface area (Å²) in [6, 6.07) is 9.00. The lowest BCUT2D eigenvalue weighted by Crippen LogP contribution is -2.20. The first kappa shape index (κ1) is 25.5. The minimum atomic E-state index is 0.203. The Kier molecular flexibility index (Phi) is 7.17. The molecule has 0 atom stereocenters. The van der Waals surface area contributed by atoms with Gasteiger partial charge in [0.1, 0.15) is 21.5 Å². The second-order valence-corrected chi connectivity index (χ2v) is 8.95. The van der Waals surface area contributed by atoms with Gasteiger partial charge in [-0.1, -0.05) is 23.2 Å². The standard InChI is InChI=1S/C26H23Cl2N7O3/c1-34-13-15(11-31-34)19-12-30-17-6-5-16(9-18(17)32-19)35(14-22-29-8-7-23(33-22)38-4)26-24(27)20(36-2)10-21(37-3)25(26)28/h5-13H,14H2,1-4H3. The summed E-state index contributed by atoms with van der Waals surface area (Å²) in [5, 5.41) is 4.84. The number of anilines is 2. The highest BCUT2D eigenvalue weighted by atomic mass is 35.5. The van der Waals surface area contributed by atoms with E-state index in [1.54, 1.807) is 42.5 Å². The van der Waals surface area contributed by atoms with Crippen LogP contribution in [0.1, 0.15) is 5.82 Å². The number of aryl methyl sites for hydroxylation is 1. The van der Waals surface area contributed by atoms with Gasteiger partial charge in [-0.25, -0.2) is 9.97 Å². The molecule has 10 nitrogen and oxygen atoms in total. The van der Waals surface area contributed by atoms with E-state index >= 15 is 0 Å². The summed E-state index contributed by atoms with van der Waals surface area (Å²) in [5.74, 6) is 1.72. The topological polar surface area (TPSA) is 100 Å². The number of nitrogens with zero attached hydrogens (tertiary/aromatic N) is 7. The van der Waals surface area contributed by atoms with E-state index in [1.807, 2.05) is 36.3 Å². The van der Waals surface area contributed by atoms with Crippen LogP contribution in [0.25, 0.3) is 22.3 Å². The van der Waals surface area contributed by atoms with Gasteiger partial charge in [0.15, 0.2) is 5.82 Å². The van der Waals surface area contributed by atoms with Crippen molar-refractivity contribution >= 4 is 45.6 Å². The summed E-state index contributed by atoms with van der Waals surface area (Å²) in [7, 11) is 6.45. The minimum Gasteiger partial charge on any atom is -0.495 e. The Hall–Kier alpha value is -4.15. The molecule has 12 heteroatoms. The molecule has 0 radical (unpaired) electrons. The quantitative estimate of drug-likeness (QED) is 0.247. The van der Waals surface area contributed by atoms with E-state index in [4.69, 9.17) is 42.4 Å². The summed E-state index contributed by atoms with van der Waals surface area (Å²) < 4.78 is 18.0. The molecule has 0 saturated carbocycles. The number of ether oxygens (including phenoxy) is 3. The average Bonchev–Trinajstić information content (AvgIpc) is 3.38. The number of methoxy groups -OCH3 is 3. The van der Waals surface area contributed by atoms with Crippen LogP contribution in [0.15, 0.2) is 55.1 Å². The molecule has 0 bridgehead atoms. The molecule has 0 saturated heterocycles. The number of rotatable bonds is 8. The highest BCUT2D eigenvalue weighted by Gasteiger charge is 2.25. The number of hydrogen-bond acceptors (Lipinski definition) is 9. The Morgan fingerprint density at radius 3 is 2.29 bits per heavy atom. The van der Waals surface area contributed by atoms with Crippen LogP contribution in [0.3, 0.4) is 0 Å². The molecule has 0 fully saturated rings. The molecule has 3 heterocycles. The number of benzene rings is 2. The zero-order chi connectivity index (χ0) is 26.8. The maximum Gasteiger partial charge on any atom is 0.216 e. The highest BCUT2D eigenvalue weighted by Crippen LogP contribution is 2.48. The van der Waals surface area contributed by atoms with Crippen LogP contribution in [0.4, 0.5) is 11.4 Å². The Morgan fingerprint density at radius 2 is 1.63 bits per heavy atom. The van der Waals surface area contributed by atoms with Crippen LogP contribution in [0.5, 0.6) is 17.4 Å². The largest absolute Gasteiger partial charge is 0.495 e. The minimum absolute atomic E-state index is 0.203. The summed E-state index contributed by atoms with van der Waals surface area (Å²) in [6.07, 6.45) is 6.98. The summed E-state index contributed by atoms with van der Waals surface area (Å²) in [5.41, 5.74) is 4.14. The fourth-order valence-corrected chi connectivity index (χ4v) is 4.69. The Balaban J connectivity index is 1.69. The Morgan fingerprint density at radius 1 is 0.868 bits per heavy atom. The van der Waals surface area contributed by atoms with E-state index in [2.05, 4.69) is 20.1 Å². The highest BCUT2D eigenvalue weighted by molar-refractivity contribution is 6.41. The molecular weight excluding hydrogens is 529 g/mol. The predicted molar refractivity (Wildman–Crippen MR) is 146 cm³/mol. The van der Waals surface area contributed by atoms with E-state index in [9.17, 15) is 0 Å². The molecule has 194 valence electrons. The van der Waals surface area contributed by atoms with E-state index in [-0.39, 0.29) is 6.54 Å². The van der Waals surface area contributed by atoms with E-state index in [0.29, 0.717) is 50.1 Å². The van der Waals surface area contributed by atoms with Gasteiger partial charge in [-0.2, -0.15) is 10.1 Å². The zero-order valence-electron chi connectivity index (χ0n) is 21.0. The van der Waals surface area contributed by atoms with Crippen molar-refractivity contribution < 1.29 is 14.2 Å². The van der Waals surface area contributed by atoms with Crippen LogP contribution in [0.2, 0.25) is 10.0 Å². The van der Waals surface area contributed by atoms with Gasteiger partial charge in [-0.3, -0.25) is 9.67 Å². The molecule has 3 aromatic heterocycles. The monoisotopic (exact) mass is 551 g/mol. The number of hydrogen-bond donors (Lipinski definition) is 0. The third-order valence-electron chi connectivity index (χ3n) is 5.85. The van der Waals surface area contributed by atoms with Crippen LogP contribution in [-0.2, 0) is 13.6 Å². The number of aromatic nitrogens is 6. The average molecular weight is 552 g/mol. The van der Waals surface area contributed by atoms with Crippen LogP contribution in [-0.4, -0.2) is 51.0 Å². The third-order valence-corrected chi connectivity index (χ3v) is 6.58. The third kappa shape index (κ3) is 4.88. The fourth-order valence-electron chi connectivity index (χ4n) is 3.98. The molecule has 0 aliphatic heterocycles. The molecule has 5 rings (SSSR count). The van der Waals surface area contributed by atoms with Crippen molar-refractivity contribution in [2.45, 2.75) is 6.54 Å². The van der Waals surface area contributed by atoms with Gasteiger partial charge in [0.05, 0.1) is 62.7 Å². The van der Waals surface area contributed by atoms with Crippen LogP contribution in [0, 0.1) is 0 Å². The first-order valence-corrected chi connectivity index (χ1v) is 12.2. The molecule has 0 N–H and O–H groups in total. The van der Waals surface area contributed by atoms with Gasteiger partial charge in [0, 0.05) is 42.8 Å². The SMILES string of the molecule is COc1ccnc(CN(c2ccc3ncc(-c4cnn(C)c4)nc3c2)c2c(Cl)c(OC)cc(OC)c2Cl)n1. The molecule has 2 aromatic carbocycles. The molecule has 0 aliphatic carbocycles.